The molecule has 0 spiro atoms. The fraction of sp³-hybridized carbons (Fsp3) is 0.143. The lowest BCUT2D eigenvalue weighted by Crippen LogP contribution is -2.29. The topological polar surface area (TPSA) is 250 Å². The van der Waals surface area contributed by atoms with Crippen molar-refractivity contribution in [3.8, 4) is 62.5 Å². The quantitative estimate of drug-likeness (QED) is 0.0208. The van der Waals surface area contributed by atoms with Crippen LogP contribution in [0.25, 0.3) is 55.0 Å². The maximum atomic E-state index is 14.4. The van der Waals surface area contributed by atoms with Gasteiger partial charge in [0.25, 0.3) is 17.7 Å². The standard InChI is InChI=1S/C39H31FN2O3.C32H22F4N2O5S.C26H21FN2O3.C8H11BO3/c1-2-44-31-21-17-27(18-22-31)34-32-14-9-23-41-36(32)38(45-37(28-10-5-3-6-11-28)29-12-7-4-8-13-29)35-33(34)25-42(39(35)43)24-26-15-19-30(40)20-16-26;33-23-15-13-20(14-16-23)18-38-19-25-26(31(38)39)30(42-28(21-8-3-1-4-9-21)22-10-5-2-6-11-22)27-24(12-7-17-37-27)29(25)43-44(40,41)32(34,35)36;1-2-32-19-11-7-17(8-12-19)22-20-4-3-13-28-24(20)25(30)23-21(22)15-29(26(23)31)14-16-5-9-18(27)10-6-16;1-2-12-8-5-3-7(4-6-8)9(10)11/h3-23,37H,2,24-25H2,1H3;1-17,28H,18-19H2;3-13,30H,2,14-15H2,1H3;3-6,10-11H,2H2,1H3. The molecule has 0 aliphatic carbocycles. The van der Waals surface area contributed by atoms with Crippen LogP contribution in [0.4, 0.5) is 26.3 Å². The number of aromatic hydroxyl groups is 1. The zero-order valence-corrected chi connectivity index (χ0v) is 72.7. The summed E-state index contributed by atoms with van der Waals surface area (Å²) in [5, 5.41) is 30.1. The van der Waals surface area contributed by atoms with Gasteiger partial charge in [-0.3, -0.25) is 29.3 Å². The summed E-state index contributed by atoms with van der Waals surface area (Å²) < 4.78 is 140. The van der Waals surface area contributed by atoms with Gasteiger partial charge in [-0.1, -0.05) is 206 Å². The number of carbonyl (C=O) groups excluding carboxylic acids is 3. The van der Waals surface area contributed by atoms with E-state index in [0.29, 0.717) is 90.5 Å². The molecule has 0 radical (unpaired) electrons. The van der Waals surface area contributed by atoms with Gasteiger partial charge in [-0.2, -0.15) is 21.6 Å². The summed E-state index contributed by atoms with van der Waals surface area (Å²) in [5.41, 5.74) is 7.06. The molecular weight excluding hydrogens is 1730 g/mol. The molecule has 0 saturated heterocycles. The first-order valence-electron chi connectivity index (χ1n) is 42.6. The highest BCUT2D eigenvalue weighted by Gasteiger charge is 2.50. The second-order valence-electron chi connectivity index (χ2n) is 31.1. The van der Waals surface area contributed by atoms with E-state index in [9.17, 15) is 54.3 Å². The third kappa shape index (κ3) is 20.0. The molecule has 6 heterocycles. The molecule has 0 unspecified atom stereocenters. The van der Waals surface area contributed by atoms with Gasteiger partial charge in [-0.25, -0.2) is 13.2 Å². The normalized spacial score (nSPS) is 12.6. The van der Waals surface area contributed by atoms with Crippen LogP contribution in [0.15, 0.2) is 322 Å². The van der Waals surface area contributed by atoms with Crippen molar-refractivity contribution in [2.75, 3.05) is 19.8 Å². The first kappa shape index (κ1) is 90.9. The molecule has 133 heavy (non-hydrogen) atoms. The number of hydrogen-bond donors (Lipinski definition) is 3. The van der Waals surface area contributed by atoms with Gasteiger partial charge in [-0.05, 0) is 196 Å². The molecular formula is C105H85BF6N6O14S. The minimum absolute atomic E-state index is 0.0448. The number of alkyl halides is 3. The molecule has 3 aliphatic heterocycles. The summed E-state index contributed by atoms with van der Waals surface area (Å²) in [4.78, 5) is 60.0. The van der Waals surface area contributed by atoms with E-state index in [-0.39, 0.29) is 75.6 Å². The number of benzene rings is 13. The minimum atomic E-state index is -6.12. The lowest BCUT2D eigenvalue weighted by molar-refractivity contribution is -0.0500. The van der Waals surface area contributed by atoms with E-state index < -0.39 is 52.4 Å². The lowest BCUT2D eigenvalue weighted by atomic mass is 9.80. The summed E-state index contributed by atoms with van der Waals surface area (Å²) >= 11 is 0. The Kier molecular flexibility index (Phi) is 27.6. The molecule has 670 valence electrons. The number of aromatic nitrogens is 3. The Morgan fingerprint density at radius 1 is 0.376 bits per heavy atom. The molecule has 19 rings (SSSR count). The van der Waals surface area contributed by atoms with E-state index in [1.165, 1.54) is 71.8 Å². The van der Waals surface area contributed by atoms with E-state index in [0.717, 1.165) is 83.7 Å². The van der Waals surface area contributed by atoms with Crippen molar-refractivity contribution in [1.29, 1.82) is 0 Å². The lowest BCUT2D eigenvalue weighted by Gasteiger charge is -2.23. The average Bonchev–Trinajstić information content (AvgIpc) is 1.63. The maximum absolute atomic E-state index is 14.4. The second-order valence-corrected chi connectivity index (χ2v) is 32.7. The molecule has 3 aromatic heterocycles. The first-order chi connectivity index (χ1) is 64.4. The molecule has 3 aliphatic rings. The molecule has 0 saturated carbocycles. The fourth-order valence-corrected chi connectivity index (χ4v) is 16.9. The Hall–Kier alpha value is -15.4. The molecule has 13 aromatic carbocycles. The third-order valence-electron chi connectivity index (χ3n) is 22.5. The Bertz CT molecular complexity index is 6920. The van der Waals surface area contributed by atoms with Crippen LogP contribution in [0, 0.1) is 17.5 Å². The van der Waals surface area contributed by atoms with Gasteiger partial charge >= 0.3 is 22.7 Å². The van der Waals surface area contributed by atoms with Crippen molar-refractivity contribution in [2.24, 2.45) is 0 Å². The van der Waals surface area contributed by atoms with E-state index >= 15 is 0 Å². The SMILES string of the molecule is CCOc1ccc(-c2c3c(c(O)c4ncccc24)C(=O)N(Cc2ccc(F)cc2)C3)cc1.CCOc1ccc(-c2c3c(c(OC(c4ccccc4)c4ccccc4)c4ncccc24)C(=O)N(Cc2ccc(F)cc2)C3)cc1.CCOc1ccc(B(O)O)cc1.O=C1c2c(c(OS(=O)(=O)C(F)(F)F)c3cccnc3c2OC(c2ccccc2)c2ccccc2)CN1Cc1ccc(F)cc1. The van der Waals surface area contributed by atoms with Crippen LogP contribution in [-0.2, 0) is 49.4 Å². The van der Waals surface area contributed by atoms with E-state index in [1.807, 2.05) is 215 Å². The van der Waals surface area contributed by atoms with Crippen molar-refractivity contribution in [2.45, 2.75) is 77.8 Å². The number of hydrogen-bond acceptors (Lipinski definition) is 17. The number of pyridine rings is 3. The summed E-state index contributed by atoms with van der Waals surface area (Å²) in [5.74, 6) is -0.254. The number of phenolic OH excluding ortho intramolecular Hbond substituents is 1. The van der Waals surface area contributed by atoms with Gasteiger partial charge < -0.3 is 57.7 Å². The number of phenols is 1. The van der Waals surface area contributed by atoms with E-state index in [4.69, 9.17) is 42.9 Å². The van der Waals surface area contributed by atoms with E-state index in [1.54, 1.807) is 70.7 Å². The van der Waals surface area contributed by atoms with Crippen LogP contribution in [-0.4, -0.2) is 103 Å². The average molecular weight is 1810 g/mol. The predicted molar refractivity (Wildman–Crippen MR) is 494 cm³/mol. The van der Waals surface area contributed by atoms with Gasteiger partial charge in [0.2, 0.25) is 0 Å². The minimum Gasteiger partial charge on any atom is -0.505 e. The Labute approximate surface area is 762 Å². The highest BCUT2D eigenvalue weighted by atomic mass is 32.2. The molecule has 0 fully saturated rings. The highest BCUT2D eigenvalue weighted by molar-refractivity contribution is 7.88. The maximum Gasteiger partial charge on any atom is 0.534 e. The zero-order valence-electron chi connectivity index (χ0n) is 71.9. The van der Waals surface area contributed by atoms with Crippen LogP contribution in [0.3, 0.4) is 0 Å². The first-order valence-corrected chi connectivity index (χ1v) is 44.0. The van der Waals surface area contributed by atoms with Crippen molar-refractivity contribution in [3.05, 3.63) is 412 Å². The van der Waals surface area contributed by atoms with Crippen LogP contribution in [0.2, 0.25) is 0 Å². The molecule has 3 N–H and O–H groups in total. The number of carbonyl (C=O) groups is 3. The van der Waals surface area contributed by atoms with Crippen LogP contribution < -0.4 is 33.3 Å². The molecule has 16 aromatic rings. The van der Waals surface area contributed by atoms with Crippen LogP contribution in [0.5, 0.6) is 40.2 Å². The molecule has 3 amide bonds. The summed E-state index contributed by atoms with van der Waals surface area (Å²) in [6, 6.07) is 88.7. The van der Waals surface area contributed by atoms with Gasteiger partial charge in [0.1, 0.15) is 63.5 Å². The van der Waals surface area contributed by atoms with Gasteiger partial charge in [-0.15, -0.1) is 0 Å². The molecule has 0 bridgehead atoms. The van der Waals surface area contributed by atoms with Crippen molar-refractivity contribution >= 4 is 73.1 Å². The van der Waals surface area contributed by atoms with Crippen LogP contribution >= 0.6 is 0 Å². The number of ether oxygens (including phenoxy) is 5. The zero-order chi connectivity index (χ0) is 93.0. The van der Waals surface area contributed by atoms with Gasteiger partial charge in [0.15, 0.2) is 23.0 Å². The molecule has 28 heteroatoms. The van der Waals surface area contributed by atoms with Gasteiger partial charge in [0, 0.05) is 73.0 Å². The number of nitrogens with zero attached hydrogens (tertiary/aromatic N) is 6. The number of fused-ring (bicyclic) bond motifs is 6. The number of amides is 3. The monoisotopic (exact) mass is 1810 g/mol. The highest BCUT2D eigenvalue weighted by Crippen LogP contribution is 2.51. The fourth-order valence-electron chi connectivity index (χ4n) is 16.4. The summed E-state index contributed by atoms with van der Waals surface area (Å²) in [6.07, 6.45) is 3.43. The third-order valence-corrected chi connectivity index (χ3v) is 23.5. The summed E-state index contributed by atoms with van der Waals surface area (Å²) in [7, 11) is -7.53. The summed E-state index contributed by atoms with van der Waals surface area (Å²) in [6.45, 7) is 8.55. The van der Waals surface area contributed by atoms with Gasteiger partial charge in [0.05, 0.1) is 43.1 Å². The van der Waals surface area contributed by atoms with E-state index in [2.05, 4.69) is 9.97 Å². The largest absolute Gasteiger partial charge is 0.534 e. The Morgan fingerprint density at radius 2 is 0.692 bits per heavy atom. The molecule has 0 atom stereocenters. The van der Waals surface area contributed by atoms with Crippen LogP contribution in [0.1, 0.15) is 120 Å². The Morgan fingerprint density at radius 3 is 1.05 bits per heavy atom. The Balaban J connectivity index is 0.000000138. The van der Waals surface area contributed by atoms with Crippen molar-refractivity contribution in [1.82, 2.24) is 29.7 Å². The second kappa shape index (κ2) is 40.3. The molecule has 20 nitrogen and oxygen atoms in total. The van der Waals surface area contributed by atoms with Crippen molar-refractivity contribution < 1.29 is 92.2 Å². The predicted octanol–water partition coefficient (Wildman–Crippen LogP) is 20.8. The van der Waals surface area contributed by atoms with Crippen molar-refractivity contribution in [3.63, 3.8) is 0 Å². The number of halogens is 6. The number of rotatable bonds is 25. The smallest absolute Gasteiger partial charge is 0.505 e.